The number of rotatable bonds is 3. The molecule has 0 bridgehead atoms. The Morgan fingerprint density at radius 3 is 2.58 bits per heavy atom. The van der Waals surface area contributed by atoms with E-state index in [0.29, 0.717) is 5.56 Å². The highest BCUT2D eigenvalue weighted by atomic mass is 32.1. The largest absolute Gasteiger partial charge is 0.295 e. The minimum absolute atomic E-state index is 0.197. The third kappa shape index (κ3) is 2.32. The van der Waals surface area contributed by atoms with Crippen molar-refractivity contribution in [3.05, 3.63) is 35.9 Å². The molecule has 1 aromatic carbocycles. The first-order valence-corrected chi connectivity index (χ1v) is 3.86. The van der Waals surface area contributed by atoms with Crippen molar-refractivity contribution in [2.75, 3.05) is 0 Å². The molecule has 1 amide bonds. The second kappa shape index (κ2) is 4.46. The van der Waals surface area contributed by atoms with Crippen LogP contribution in [0, 0.1) is 0 Å². The predicted octanol–water partition coefficient (Wildman–Crippen LogP) is 0.878. The zero-order valence-electron chi connectivity index (χ0n) is 6.28. The molecule has 0 atom stereocenters. The molecule has 0 aromatic heterocycles. The van der Waals surface area contributed by atoms with Gasteiger partial charge in [-0.05, 0) is 12.1 Å². The summed E-state index contributed by atoms with van der Waals surface area (Å²) in [5.41, 5.74) is 6.67. The molecule has 0 spiro atoms. The number of nitrogens with one attached hydrogen (secondary N) is 2. The van der Waals surface area contributed by atoms with Crippen LogP contribution in [0.25, 0.3) is 0 Å². The van der Waals surface area contributed by atoms with Gasteiger partial charge < -0.3 is 0 Å². The fourth-order valence-corrected chi connectivity index (χ4v) is 0.816. The van der Waals surface area contributed by atoms with Crippen LogP contribution >= 0.6 is 12.2 Å². The summed E-state index contributed by atoms with van der Waals surface area (Å²) in [5, 5.41) is 0. The lowest BCUT2D eigenvalue weighted by molar-refractivity contribution is 0.0945. The van der Waals surface area contributed by atoms with Gasteiger partial charge in [-0.25, -0.2) is 0 Å². The fourth-order valence-electron chi connectivity index (χ4n) is 0.757. The zero-order valence-corrected chi connectivity index (χ0v) is 7.10. The number of carbonyl (C=O) groups excluding carboxylic acids is 1. The van der Waals surface area contributed by atoms with Gasteiger partial charge in [-0.2, -0.15) is 0 Å². The Kier molecular flexibility index (Phi) is 3.22. The fraction of sp³-hybridized carbons (Fsp3) is 0. The van der Waals surface area contributed by atoms with E-state index in [9.17, 15) is 4.79 Å². The maximum atomic E-state index is 11.2. The molecule has 3 nitrogen and oxygen atoms in total. The van der Waals surface area contributed by atoms with E-state index in [1.807, 2.05) is 6.07 Å². The van der Waals surface area contributed by atoms with E-state index in [4.69, 9.17) is 0 Å². The van der Waals surface area contributed by atoms with Crippen molar-refractivity contribution in [1.29, 1.82) is 0 Å². The average Bonchev–Trinajstić information content (AvgIpc) is 2.15. The normalized spacial score (nSPS) is 8.67. The van der Waals surface area contributed by atoms with Crippen molar-refractivity contribution < 1.29 is 4.79 Å². The number of benzene rings is 1. The summed E-state index contributed by atoms with van der Waals surface area (Å²) in [4.78, 5) is 11.2. The van der Waals surface area contributed by atoms with Gasteiger partial charge in [0.15, 0.2) is 0 Å². The second-order valence-electron chi connectivity index (χ2n) is 2.08. The van der Waals surface area contributed by atoms with Crippen LogP contribution in [0.5, 0.6) is 0 Å². The lowest BCUT2D eigenvalue weighted by atomic mass is 10.2. The molecule has 0 aliphatic rings. The first-order valence-electron chi connectivity index (χ1n) is 3.39. The lowest BCUT2D eigenvalue weighted by Gasteiger charge is -2.01. The highest BCUT2D eigenvalue weighted by Crippen LogP contribution is 1.96. The molecule has 0 radical (unpaired) electrons. The van der Waals surface area contributed by atoms with Crippen LogP contribution in [0.2, 0.25) is 0 Å². The van der Waals surface area contributed by atoms with Crippen LogP contribution in [-0.4, -0.2) is 11.4 Å². The molecule has 0 saturated carbocycles. The van der Waals surface area contributed by atoms with Crippen molar-refractivity contribution in [3.63, 3.8) is 0 Å². The monoisotopic (exact) mass is 180 g/mol. The van der Waals surface area contributed by atoms with E-state index in [2.05, 4.69) is 23.1 Å². The van der Waals surface area contributed by atoms with Gasteiger partial charge in [-0.15, -0.1) is 0 Å². The summed E-state index contributed by atoms with van der Waals surface area (Å²) in [6, 6.07) is 8.89. The minimum atomic E-state index is -0.197. The SMILES string of the molecule is O=C(NNC=S)c1ccccc1. The Hall–Kier alpha value is -1.42. The van der Waals surface area contributed by atoms with E-state index in [0.717, 1.165) is 0 Å². The first kappa shape index (κ1) is 8.67. The highest BCUT2D eigenvalue weighted by Gasteiger charge is 2.00. The molecular weight excluding hydrogens is 172 g/mol. The number of hydrogen-bond donors (Lipinski definition) is 2. The molecule has 1 rings (SSSR count). The smallest absolute Gasteiger partial charge is 0.269 e. The standard InChI is InChI=1S/C8H8N2OS/c11-8(10-9-6-12)7-4-2-1-3-5-7/h1-6H,(H,9,12)(H,10,11). The number of carbonyl (C=O) groups is 1. The molecule has 0 heterocycles. The summed E-state index contributed by atoms with van der Waals surface area (Å²) < 4.78 is 0. The van der Waals surface area contributed by atoms with Crippen LogP contribution < -0.4 is 10.9 Å². The summed E-state index contributed by atoms with van der Waals surface area (Å²) in [6.45, 7) is 0. The van der Waals surface area contributed by atoms with Gasteiger partial charge >= 0.3 is 0 Å². The number of thiocarbonyl (C=S) groups is 1. The quantitative estimate of drug-likeness (QED) is 0.536. The van der Waals surface area contributed by atoms with Crippen LogP contribution in [0.1, 0.15) is 10.4 Å². The average molecular weight is 180 g/mol. The van der Waals surface area contributed by atoms with Gasteiger partial charge in [0.25, 0.3) is 5.91 Å². The molecule has 0 aliphatic carbocycles. The molecule has 0 aliphatic heterocycles. The first-order chi connectivity index (χ1) is 5.84. The minimum Gasteiger partial charge on any atom is -0.295 e. The Morgan fingerprint density at radius 1 is 1.33 bits per heavy atom. The number of hydrazine groups is 1. The van der Waals surface area contributed by atoms with Crippen LogP contribution in [0.15, 0.2) is 30.3 Å². The number of hydrogen-bond acceptors (Lipinski definition) is 2. The van der Waals surface area contributed by atoms with Crippen LogP contribution in [-0.2, 0) is 0 Å². The van der Waals surface area contributed by atoms with E-state index < -0.39 is 0 Å². The Labute approximate surface area is 75.8 Å². The molecular formula is C8H8N2OS. The van der Waals surface area contributed by atoms with E-state index in [1.165, 1.54) is 5.49 Å². The Morgan fingerprint density at radius 2 is 2.00 bits per heavy atom. The lowest BCUT2D eigenvalue weighted by Crippen LogP contribution is -2.35. The van der Waals surface area contributed by atoms with Crippen molar-refractivity contribution in [1.82, 2.24) is 10.9 Å². The topological polar surface area (TPSA) is 41.1 Å². The maximum Gasteiger partial charge on any atom is 0.269 e. The predicted molar refractivity (Wildman–Crippen MR) is 50.7 cm³/mol. The van der Waals surface area contributed by atoms with Gasteiger partial charge in [-0.3, -0.25) is 15.6 Å². The van der Waals surface area contributed by atoms with E-state index in [1.54, 1.807) is 24.3 Å². The van der Waals surface area contributed by atoms with Gasteiger partial charge in [0.1, 0.15) is 0 Å². The van der Waals surface area contributed by atoms with E-state index >= 15 is 0 Å². The van der Waals surface area contributed by atoms with Gasteiger partial charge in [0.2, 0.25) is 0 Å². The van der Waals surface area contributed by atoms with Crippen molar-refractivity contribution in [3.8, 4) is 0 Å². The molecule has 2 N–H and O–H groups in total. The molecule has 12 heavy (non-hydrogen) atoms. The highest BCUT2D eigenvalue weighted by molar-refractivity contribution is 7.78. The third-order valence-corrected chi connectivity index (χ3v) is 1.40. The van der Waals surface area contributed by atoms with Crippen molar-refractivity contribution in [2.45, 2.75) is 0 Å². The summed E-state index contributed by atoms with van der Waals surface area (Å²) in [7, 11) is 0. The van der Waals surface area contributed by atoms with Crippen LogP contribution in [0.3, 0.4) is 0 Å². The maximum absolute atomic E-state index is 11.2. The Bertz CT molecular complexity index is 274. The molecule has 0 saturated heterocycles. The summed E-state index contributed by atoms with van der Waals surface area (Å²) in [6.07, 6.45) is 0. The zero-order chi connectivity index (χ0) is 8.81. The summed E-state index contributed by atoms with van der Waals surface area (Å²) in [5.74, 6) is -0.197. The third-order valence-electron chi connectivity index (χ3n) is 1.28. The molecule has 4 heteroatoms. The molecule has 62 valence electrons. The van der Waals surface area contributed by atoms with Crippen molar-refractivity contribution in [2.24, 2.45) is 0 Å². The molecule has 1 aromatic rings. The van der Waals surface area contributed by atoms with Gasteiger partial charge in [0.05, 0.1) is 5.49 Å². The molecule has 0 unspecified atom stereocenters. The Balaban J connectivity index is 2.59. The van der Waals surface area contributed by atoms with Gasteiger partial charge in [-0.1, -0.05) is 30.4 Å². The van der Waals surface area contributed by atoms with Crippen molar-refractivity contribution >= 4 is 23.6 Å². The summed E-state index contributed by atoms with van der Waals surface area (Å²) >= 11 is 4.47. The number of amides is 1. The van der Waals surface area contributed by atoms with E-state index in [-0.39, 0.29) is 5.91 Å². The van der Waals surface area contributed by atoms with Crippen LogP contribution in [0.4, 0.5) is 0 Å². The molecule has 0 fully saturated rings. The van der Waals surface area contributed by atoms with Gasteiger partial charge in [0, 0.05) is 5.56 Å². The second-order valence-corrected chi connectivity index (χ2v) is 2.32.